The number of hydrogen-bond acceptors (Lipinski definition) is 4. The summed E-state index contributed by atoms with van der Waals surface area (Å²) in [5, 5.41) is 17.8. The van der Waals surface area contributed by atoms with Gasteiger partial charge in [0.2, 0.25) is 0 Å². The Balaban J connectivity index is 1.83. The molecule has 1 heterocycles. The zero-order valence-corrected chi connectivity index (χ0v) is 19.3. The SMILES string of the molecule is CCCCCCCCN(CCCCCCCC)CCn1nnc2ccc(C#N)cc21. The van der Waals surface area contributed by atoms with Crippen molar-refractivity contribution in [1.29, 1.82) is 5.26 Å². The number of unbranched alkanes of at least 4 members (excludes halogenated alkanes) is 10. The molecule has 0 bridgehead atoms. The predicted octanol–water partition coefficient (Wildman–Crippen LogP) is 6.33. The standard InChI is InChI=1S/C25H41N5/c1-3-5-7-9-11-13-17-29(18-14-12-10-8-6-4-2)19-20-30-25-21-23(22-26)15-16-24(25)27-28-30/h15-16,21H,3-14,17-20H2,1-2H3. The second-order valence-corrected chi connectivity index (χ2v) is 8.51. The highest BCUT2D eigenvalue weighted by molar-refractivity contribution is 5.75. The summed E-state index contributed by atoms with van der Waals surface area (Å²) in [6, 6.07) is 7.82. The first-order valence-corrected chi connectivity index (χ1v) is 12.2. The van der Waals surface area contributed by atoms with E-state index in [-0.39, 0.29) is 0 Å². The van der Waals surface area contributed by atoms with Crippen LogP contribution in [-0.4, -0.2) is 39.5 Å². The first-order chi connectivity index (χ1) is 14.8. The lowest BCUT2D eigenvalue weighted by molar-refractivity contribution is 0.247. The van der Waals surface area contributed by atoms with Gasteiger partial charge in [0.25, 0.3) is 0 Å². The van der Waals surface area contributed by atoms with E-state index in [1.54, 1.807) is 0 Å². The van der Waals surface area contributed by atoms with Crippen LogP contribution in [0, 0.1) is 11.3 Å². The Hall–Kier alpha value is -1.93. The van der Waals surface area contributed by atoms with Crippen LogP contribution in [0.5, 0.6) is 0 Å². The molecule has 0 radical (unpaired) electrons. The molecular weight excluding hydrogens is 370 g/mol. The van der Waals surface area contributed by atoms with Gasteiger partial charge in [-0.3, -0.25) is 0 Å². The highest BCUT2D eigenvalue weighted by Crippen LogP contribution is 2.14. The monoisotopic (exact) mass is 411 g/mol. The summed E-state index contributed by atoms with van der Waals surface area (Å²) >= 11 is 0. The molecule has 2 rings (SSSR count). The normalized spacial score (nSPS) is 11.4. The van der Waals surface area contributed by atoms with Crippen LogP contribution in [0.15, 0.2) is 18.2 Å². The largest absolute Gasteiger partial charge is 0.301 e. The minimum Gasteiger partial charge on any atom is -0.301 e. The van der Waals surface area contributed by atoms with Crippen molar-refractivity contribution in [2.24, 2.45) is 0 Å². The lowest BCUT2D eigenvalue weighted by atomic mass is 10.1. The number of aromatic nitrogens is 3. The summed E-state index contributed by atoms with van der Waals surface area (Å²) in [6.45, 7) is 8.73. The molecule has 30 heavy (non-hydrogen) atoms. The zero-order chi connectivity index (χ0) is 21.4. The Morgan fingerprint density at radius 2 is 1.43 bits per heavy atom. The van der Waals surface area contributed by atoms with Crippen molar-refractivity contribution in [3.05, 3.63) is 23.8 Å². The maximum absolute atomic E-state index is 9.18. The molecule has 0 spiro atoms. The molecule has 2 aromatic rings. The van der Waals surface area contributed by atoms with E-state index in [0.717, 1.165) is 24.1 Å². The molecule has 0 aliphatic heterocycles. The maximum atomic E-state index is 9.18. The average molecular weight is 412 g/mol. The third kappa shape index (κ3) is 8.83. The van der Waals surface area contributed by atoms with Gasteiger partial charge < -0.3 is 4.90 Å². The van der Waals surface area contributed by atoms with E-state index in [1.807, 2.05) is 22.9 Å². The Labute approximate surface area is 183 Å². The van der Waals surface area contributed by atoms with Crippen LogP contribution in [0.1, 0.15) is 96.5 Å². The third-order valence-corrected chi connectivity index (χ3v) is 5.93. The molecule has 1 aromatic carbocycles. The molecule has 0 N–H and O–H groups in total. The van der Waals surface area contributed by atoms with Gasteiger partial charge >= 0.3 is 0 Å². The molecule has 166 valence electrons. The van der Waals surface area contributed by atoms with E-state index in [2.05, 4.69) is 35.1 Å². The highest BCUT2D eigenvalue weighted by atomic mass is 15.4. The van der Waals surface area contributed by atoms with Crippen LogP contribution in [0.2, 0.25) is 0 Å². The van der Waals surface area contributed by atoms with E-state index < -0.39 is 0 Å². The van der Waals surface area contributed by atoms with Crippen LogP contribution >= 0.6 is 0 Å². The van der Waals surface area contributed by atoms with E-state index >= 15 is 0 Å². The molecule has 0 amide bonds. The molecule has 0 atom stereocenters. The van der Waals surface area contributed by atoms with Gasteiger partial charge in [-0.25, -0.2) is 4.68 Å². The van der Waals surface area contributed by atoms with E-state index in [0.29, 0.717) is 5.56 Å². The van der Waals surface area contributed by atoms with Crippen molar-refractivity contribution in [3.8, 4) is 6.07 Å². The number of hydrogen-bond donors (Lipinski definition) is 0. The number of rotatable bonds is 17. The summed E-state index contributed by atoms with van der Waals surface area (Å²) in [5.74, 6) is 0. The number of nitriles is 1. The lowest BCUT2D eigenvalue weighted by Crippen LogP contribution is -2.30. The molecule has 0 unspecified atom stereocenters. The Morgan fingerprint density at radius 3 is 2.03 bits per heavy atom. The molecule has 5 nitrogen and oxygen atoms in total. The summed E-state index contributed by atoms with van der Waals surface area (Å²) < 4.78 is 1.96. The molecule has 1 aromatic heterocycles. The fraction of sp³-hybridized carbons (Fsp3) is 0.720. The van der Waals surface area contributed by atoms with Crippen molar-refractivity contribution < 1.29 is 0 Å². The van der Waals surface area contributed by atoms with Gasteiger partial charge in [-0.1, -0.05) is 83.3 Å². The molecule has 0 aliphatic carbocycles. The fourth-order valence-electron chi connectivity index (χ4n) is 4.00. The second kappa shape index (κ2) is 15.0. The van der Waals surface area contributed by atoms with Crippen LogP contribution in [0.25, 0.3) is 11.0 Å². The van der Waals surface area contributed by atoms with E-state index in [4.69, 9.17) is 0 Å². The van der Waals surface area contributed by atoms with Crippen molar-refractivity contribution in [3.63, 3.8) is 0 Å². The van der Waals surface area contributed by atoms with Crippen molar-refractivity contribution in [2.45, 2.75) is 97.4 Å². The number of benzene rings is 1. The molecular formula is C25H41N5. The minimum absolute atomic E-state index is 0.669. The number of nitrogens with zero attached hydrogens (tertiary/aromatic N) is 5. The van der Waals surface area contributed by atoms with Gasteiger partial charge in [0.05, 0.1) is 23.7 Å². The molecule has 0 aliphatic rings. The molecule has 0 saturated carbocycles. The zero-order valence-electron chi connectivity index (χ0n) is 19.3. The van der Waals surface area contributed by atoms with Crippen LogP contribution in [-0.2, 0) is 6.54 Å². The predicted molar refractivity (Wildman–Crippen MR) is 125 cm³/mol. The first kappa shape index (κ1) is 24.3. The van der Waals surface area contributed by atoms with Crippen molar-refractivity contribution in [2.75, 3.05) is 19.6 Å². The fourth-order valence-corrected chi connectivity index (χ4v) is 4.00. The first-order valence-electron chi connectivity index (χ1n) is 12.2. The van der Waals surface area contributed by atoms with Crippen molar-refractivity contribution >= 4 is 11.0 Å². The van der Waals surface area contributed by atoms with Crippen LogP contribution in [0.3, 0.4) is 0 Å². The highest BCUT2D eigenvalue weighted by Gasteiger charge is 2.09. The summed E-state index contributed by atoms with van der Waals surface area (Å²) in [6.07, 6.45) is 16.1. The van der Waals surface area contributed by atoms with Gasteiger partial charge in [-0.2, -0.15) is 5.26 Å². The molecule has 0 saturated heterocycles. The van der Waals surface area contributed by atoms with Crippen LogP contribution < -0.4 is 0 Å². The smallest absolute Gasteiger partial charge is 0.113 e. The quantitative estimate of drug-likeness (QED) is 0.286. The number of fused-ring (bicyclic) bond motifs is 1. The minimum atomic E-state index is 0.669. The summed E-state index contributed by atoms with van der Waals surface area (Å²) in [5.41, 5.74) is 2.50. The van der Waals surface area contributed by atoms with Gasteiger partial charge in [0.1, 0.15) is 5.52 Å². The van der Waals surface area contributed by atoms with Crippen LogP contribution in [0.4, 0.5) is 0 Å². The van der Waals surface area contributed by atoms with Gasteiger partial charge in [-0.15, -0.1) is 5.10 Å². The van der Waals surface area contributed by atoms with Gasteiger partial charge in [-0.05, 0) is 44.1 Å². The maximum Gasteiger partial charge on any atom is 0.113 e. The van der Waals surface area contributed by atoms with Gasteiger partial charge in [0, 0.05) is 6.54 Å². The van der Waals surface area contributed by atoms with Gasteiger partial charge in [0.15, 0.2) is 0 Å². The molecule has 5 heteroatoms. The third-order valence-electron chi connectivity index (χ3n) is 5.93. The van der Waals surface area contributed by atoms with E-state index in [1.165, 1.54) is 90.1 Å². The Morgan fingerprint density at radius 1 is 0.833 bits per heavy atom. The second-order valence-electron chi connectivity index (χ2n) is 8.51. The average Bonchev–Trinajstić information content (AvgIpc) is 3.18. The lowest BCUT2D eigenvalue weighted by Gasteiger charge is -2.22. The topological polar surface area (TPSA) is 57.7 Å². The van der Waals surface area contributed by atoms with E-state index in [9.17, 15) is 5.26 Å². The Bertz CT molecular complexity index is 730. The summed E-state index contributed by atoms with van der Waals surface area (Å²) in [4.78, 5) is 2.61. The molecule has 0 fully saturated rings. The Kier molecular flexibility index (Phi) is 12.1. The van der Waals surface area contributed by atoms with Crippen molar-refractivity contribution in [1.82, 2.24) is 19.9 Å². The summed E-state index contributed by atoms with van der Waals surface area (Å²) in [7, 11) is 0.